The van der Waals surface area contributed by atoms with Gasteiger partial charge in [0.25, 0.3) is 10.0 Å². The van der Waals surface area contributed by atoms with Gasteiger partial charge in [-0.3, -0.25) is 0 Å². The topological polar surface area (TPSA) is 63.4 Å². The zero-order valence-corrected chi connectivity index (χ0v) is 8.15. The second-order valence-corrected chi connectivity index (χ2v) is 4.45. The van der Waals surface area contributed by atoms with Crippen molar-refractivity contribution in [2.75, 3.05) is 19.6 Å². The molecule has 0 aliphatic heterocycles. The highest BCUT2D eigenvalue weighted by Gasteiger charge is 2.39. The normalized spacial score (nSPS) is 13.9. The number of sulfonamides is 1. The molecule has 0 aromatic heterocycles. The van der Waals surface area contributed by atoms with Crippen molar-refractivity contribution in [1.82, 2.24) is 4.31 Å². The summed E-state index contributed by atoms with van der Waals surface area (Å²) in [5.41, 5.74) is 4.83. The van der Waals surface area contributed by atoms with Gasteiger partial charge in [0.05, 0.1) is 0 Å². The molecule has 0 fully saturated rings. The van der Waals surface area contributed by atoms with Gasteiger partial charge < -0.3 is 5.73 Å². The molecule has 0 aliphatic carbocycles. The van der Waals surface area contributed by atoms with Gasteiger partial charge in [-0.15, -0.1) is 0 Å². The molecular weight excluding hydrogens is 247 g/mol. The van der Waals surface area contributed by atoms with E-state index >= 15 is 0 Å². The minimum Gasteiger partial charge on any atom is -0.329 e. The predicted octanol–water partition coefficient (Wildman–Crippen LogP) is 0.362. The lowest BCUT2D eigenvalue weighted by molar-refractivity contribution is -0.136. The van der Waals surface area contributed by atoms with Crippen LogP contribution in [-0.2, 0) is 10.0 Å². The van der Waals surface area contributed by atoms with Gasteiger partial charge in [0.1, 0.15) is 6.54 Å². The van der Waals surface area contributed by atoms with Crippen LogP contribution in [0.1, 0.15) is 0 Å². The summed E-state index contributed by atoms with van der Waals surface area (Å²) in [5, 5.41) is 0. The van der Waals surface area contributed by atoms with Crippen LogP contribution in [0, 0.1) is 0 Å². The molecule has 0 aromatic carbocycles. The number of nitrogens with zero attached hydrogens (tertiary/aromatic N) is 1. The van der Waals surface area contributed by atoms with E-state index in [0.717, 1.165) is 0 Å². The monoisotopic (exact) mass is 256 g/mol. The Morgan fingerprint density at radius 3 is 2.00 bits per heavy atom. The third kappa shape index (κ3) is 4.71. The highest BCUT2D eigenvalue weighted by molar-refractivity contribution is 7.89. The maximum Gasteiger partial charge on any atom is 0.402 e. The lowest BCUT2D eigenvalue weighted by atomic mass is 10.5. The summed E-state index contributed by atoms with van der Waals surface area (Å²) in [4.78, 5) is 0. The molecule has 2 N–H and O–H groups in total. The van der Waals surface area contributed by atoms with E-state index in [1.807, 2.05) is 0 Å². The standard InChI is InChI=1S/C5H9F5N2O2S/c6-4(7)15(13,14)12(2-1-11)3-5(8,9)10/h4H,1-3,11H2. The van der Waals surface area contributed by atoms with Crippen molar-refractivity contribution in [2.24, 2.45) is 5.73 Å². The Balaban J connectivity index is 4.83. The summed E-state index contributed by atoms with van der Waals surface area (Å²) in [6.07, 6.45) is -4.88. The minimum atomic E-state index is -5.23. The lowest BCUT2D eigenvalue weighted by Gasteiger charge is -2.21. The Labute approximate surface area is 82.9 Å². The summed E-state index contributed by atoms with van der Waals surface area (Å²) in [6.45, 7) is -3.23. The molecule has 0 amide bonds. The fourth-order valence-corrected chi connectivity index (χ4v) is 1.66. The van der Waals surface area contributed by atoms with Crippen molar-refractivity contribution in [2.45, 2.75) is 11.9 Å². The molecule has 0 radical (unpaired) electrons. The van der Waals surface area contributed by atoms with E-state index in [-0.39, 0.29) is 4.31 Å². The van der Waals surface area contributed by atoms with Crippen molar-refractivity contribution < 1.29 is 30.4 Å². The predicted molar refractivity (Wildman–Crippen MR) is 41.6 cm³/mol. The average Bonchev–Trinajstić information content (AvgIpc) is 2.00. The first-order valence-electron chi connectivity index (χ1n) is 3.65. The molecule has 0 bridgehead atoms. The molecule has 10 heteroatoms. The Morgan fingerprint density at radius 2 is 1.73 bits per heavy atom. The van der Waals surface area contributed by atoms with Gasteiger partial charge >= 0.3 is 11.9 Å². The van der Waals surface area contributed by atoms with Gasteiger partial charge in [-0.2, -0.15) is 26.3 Å². The largest absolute Gasteiger partial charge is 0.402 e. The number of nitrogens with two attached hydrogens (primary N) is 1. The molecule has 0 saturated heterocycles. The van der Waals surface area contributed by atoms with E-state index in [2.05, 4.69) is 0 Å². The number of alkyl halides is 5. The molecule has 0 atom stereocenters. The van der Waals surface area contributed by atoms with Crippen LogP contribution in [0.2, 0.25) is 0 Å². The first-order chi connectivity index (χ1) is 6.61. The SMILES string of the molecule is NCCN(CC(F)(F)F)S(=O)(=O)C(F)F. The van der Waals surface area contributed by atoms with E-state index in [1.165, 1.54) is 0 Å². The number of hydrogen-bond acceptors (Lipinski definition) is 3. The highest BCUT2D eigenvalue weighted by atomic mass is 32.2. The van der Waals surface area contributed by atoms with Crippen LogP contribution in [-0.4, -0.2) is 44.3 Å². The Hall–Kier alpha value is -0.480. The Bertz CT molecular complexity index is 288. The molecule has 0 unspecified atom stereocenters. The summed E-state index contributed by atoms with van der Waals surface area (Å²) in [7, 11) is -5.23. The van der Waals surface area contributed by atoms with Gasteiger partial charge in [0.2, 0.25) is 0 Å². The van der Waals surface area contributed by atoms with E-state index in [0.29, 0.717) is 0 Å². The van der Waals surface area contributed by atoms with Crippen molar-refractivity contribution in [3.8, 4) is 0 Å². The van der Waals surface area contributed by atoms with E-state index in [4.69, 9.17) is 5.73 Å². The van der Waals surface area contributed by atoms with Crippen molar-refractivity contribution in [3.05, 3.63) is 0 Å². The fraction of sp³-hybridized carbons (Fsp3) is 1.00. The molecular formula is C5H9F5N2O2S. The summed E-state index contributed by atoms with van der Waals surface area (Å²) in [6, 6.07) is 0. The van der Waals surface area contributed by atoms with Crippen LogP contribution in [0.25, 0.3) is 0 Å². The van der Waals surface area contributed by atoms with Crippen molar-refractivity contribution in [3.63, 3.8) is 0 Å². The number of halogens is 5. The van der Waals surface area contributed by atoms with Crippen LogP contribution < -0.4 is 5.73 Å². The fourth-order valence-electron chi connectivity index (χ4n) is 0.753. The summed E-state index contributed by atoms with van der Waals surface area (Å²) in [5.74, 6) is -3.88. The Kier molecular flexibility index (Phi) is 4.87. The van der Waals surface area contributed by atoms with Gasteiger partial charge in [-0.25, -0.2) is 8.42 Å². The molecule has 92 valence electrons. The molecule has 0 aromatic rings. The molecule has 0 spiro atoms. The zero-order chi connectivity index (χ0) is 12.3. The van der Waals surface area contributed by atoms with Crippen LogP contribution in [0.5, 0.6) is 0 Å². The third-order valence-corrected chi connectivity index (χ3v) is 2.80. The zero-order valence-electron chi connectivity index (χ0n) is 7.34. The van der Waals surface area contributed by atoms with Gasteiger partial charge in [-0.1, -0.05) is 0 Å². The molecule has 0 aliphatic rings. The van der Waals surface area contributed by atoms with Gasteiger partial charge in [0, 0.05) is 13.1 Å². The Morgan fingerprint density at radius 1 is 1.27 bits per heavy atom. The average molecular weight is 256 g/mol. The van der Waals surface area contributed by atoms with Crippen molar-refractivity contribution >= 4 is 10.0 Å². The van der Waals surface area contributed by atoms with E-state index in [1.54, 1.807) is 0 Å². The van der Waals surface area contributed by atoms with Gasteiger partial charge in [0.15, 0.2) is 0 Å². The van der Waals surface area contributed by atoms with E-state index < -0.39 is 41.6 Å². The van der Waals surface area contributed by atoms with Gasteiger partial charge in [-0.05, 0) is 0 Å². The van der Waals surface area contributed by atoms with Crippen LogP contribution in [0.3, 0.4) is 0 Å². The quantitative estimate of drug-likeness (QED) is 0.722. The molecule has 0 rings (SSSR count). The van der Waals surface area contributed by atoms with Crippen LogP contribution in [0.15, 0.2) is 0 Å². The first kappa shape index (κ1) is 14.5. The smallest absolute Gasteiger partial charge is 0.329 e. The van der Waals surface area contributed by atoms with E-state index in [9.17, 15) is 30.4 Å². The molecule has 4 nitrogen and oxygen atoms in total. The maximum atomic E-state index is 11.9. The highest BCUT2D eigenvalue weighted by Crippen LogP contribution is 2.20. The first-order valence-corrected chi connectivity index (χ1v) is 5.15. The third-order valence-electron chi connectivity index (χ3n) is 1.32. The second-order valence-electron chi connectivity index (χ2n) is 2.54. The molecule has 15 heavy (non-hydrogen) atoms. The summed E-state index contributed by atoms with van der Waals surface area (Å²) >= 11 is 0. The minimum absolute atomic E-state index is 0.377. The van der Waals surface area contributed by atoms with Crippen molar-refractivity contribution in [1.29, 1.82) is 0 Å². The molecule has 0 heterocycles. The number of rotatable bonds is 5. The second kappa shape index (κ2) is 5.03. The lowest BCUT2D eigenvalue weighted by Crippen LogP contribution is -2.44. The van der Waals surface area contributed by atoms with Crippen LogP contribution in [0.4, 0.5) is 22.0 Å². The number of hydrogen-bond donors (Lipinski definition) is 1. The van der Waals surface area contributed by atoms with Crippen LogP contribution >= 0.6 is 0 Å². The maximum absolute atomic E-state index is 11.9. The molecule has 0 saturated carbocycles. The summed E-state index contributed by atoms with van der Waals surface area (Å²) < 4.78 is 80.4.